The van der Waals surface area contributed by atoms with E-state index in [0.29, 0.717) is 65.8 Å². The van der Waals surface area contributed by atoms with Crippen LogP contribution in [-0.2, 0) is 24.6 Å². The van der Waals surface area contributed by atoms with E-state index in [0.717, 1.165) is 33.9 Å². The maximum absolute atomic E-state index is 11.8. The molecule has 8 aromatic rings. The van der Waals surface area contributed by atoms with Crippen molar-refractivity contribution < 1.29 is 85.9 Å². The van der Waals surface area contributed by atoms with Gasteiger partial charge in [-0.2, -0.15) is 0 Å². The van der Waals surface area contributed by atoms with Gasteiger partial charge in [0.05, 0.1) is 75.2 Å². The van der Waals surface area contributed by atoms with Crippen LogP contribution in [0.3, 0.4) is 0 Å². The number of carbonyl (C=O) groups excluding carboxylic acids is 4. The minimum Gasteiger partial charge on any atom is -0.497 e. The third kappa shape index (κ3) is 27.7. The van der Waals surface area contributed by atoms with Crippen molar-refractivity contribution in [3.63, 3.8) is 0 Å². The number of nitrogens with zero attached hydrogens (tertiary/aromatic N) is 4. The molecule has 1 unspecified atom stereocenters. The molecule has 0 saturated heterocycles. The molecule has 30 heteroatoms. The number of alkyl carbamates (subject to hydrolysis) is 1. The van der Waals surface area contributed by atoms with Crippen molar-refractivity contribution in [2.24, 2.45) is 0 Å². The highest BCUT2D eigenvalue weighted by atomic mass is 35.5. The van der Waals surface area contributed by atoms with Gasteiger partial charge in [-0.05, 0) is 108 Å². The summed E-state index contributed by atoms with van der Waals surface area (Å²) < 4.78 is 68.3. The molecule has 0 aliphatic rings. The smallest absolute Gasteiger partial charge is 0.407 e. The molecule has 1 atom stereocenters. The van der Waals surface area contributed by atoms with Gasteiger partial charge in [0.15, 0.2) is 17.3 Å². The van der Waals surface area contributed by atoms with Gasteiger partial charge < -0.3 is 77.0 Å². The Labute approximate surface area is 604 Å². The van der Waals surface area contributed by atoms with Crippen LogP contribution in [0.25, 0.3) is 0 Å². The van der Waals surface area contributed by atoms with Crippen molar-refractivity contribution in [3.8, 4) is 69.5 Å². The van der Waals surface area contributed by atoms with Crippen LogP contribution >= 0.6 is 58.0 Å². The van der Waals surface area contributed by atoms with Gasteiger partial charge in [0, 0.05) is 42.9 Å². The highest BCUT2D eigenvalue weighted by molar-refractivity contribution is 6.31. The van der Waals surface area contributed by atoms with Crippen LogP contribution < -0.4 is 67.7 Å². The minimum atomic E-state index is -0.786. The van der Waals surface area contributed by atoms with E-state index < -0.39 is 23.4 Å². The summed E-state index contributed by atoms with van der Waals surface area (Å²) in [4.78, 5) is 75.9. The molecule has 538 valence electrons. The fraction of sp³-hybridized carbons (Fsp3) is 0.329. The highest BCUT2D eigenvalue weighted by Gasteiger charge is 2.23. The maximum atomic E-state index is 11.8. The first-order valence-corrected chi connectivity index (χ1v) is 31.9. The number of methoxy groups -OCH3 is 8. The lowest BCUT2D eigenvalue weighted by Gasteiger charge is -2.19. The van der Waals surface area contributed by atoms with E-state index in [1.807, 2.05) is 72.8 Å². The van der Waals surface area contributed by atoms with Crippen molar-refractivity contribution in [3.05, 3.63) is 184 Å². The summed E-state index contributed by atoms with van der Waals surface area (Å²) >= 11 is 29.2. The van der Waals surface area contributed by atoms with Gasteiger partial charge in [-0.3, -0.25) is 19.2 Å². The molecule has 8 rings (SSSR count). The van der Waals surface area contributed by atoms with Crippen molar-refractivity contribution in [2.75, 3.05) is 70.0 Å². The average molecular weight is 1490 g/mol. The number of amides is 1. The fourth-order valence-corrected chi connectivity index (χ4v) is 9.18. The second-order valence-electron chi connectivity index (χ2n) is 21.5. The molecule has 0 bridgehead atoms. The molecule has 0 fully saturated rings. The monoisotopic (exact) mass is 1480 g/mol. The summed E-state index contributed by atoms with van der Waals surface area (Å²) in [6.07, 6.45) is -0.771. The molecule has 3 N–H and O–H groups in total. The van der Waals surface area contributed by atoms with Crippen molar-refractivity contribution in [1.29, 1.82) is 0 Å². The molecule has 0 spiro atoms. The lowest BCUT2D eigenvalue weighted by molar-refractivity contribution is 0.0524. The third-order valence-corrected chi connectivity index (χ3v) is 13.9. The third-order valence-electron chi connectivity index (χ3n) is 12.9. The number of halogens is 5. The molecule has 0 aliphatic carbocycles. The first-order chi connectivity index (χ1) is 47.5. The number of aliphatic hydroxyl groups is 1. The molecule has 25 nitrogen and oxygen atoms in total. The molecule has 100 heavy (non-hydrogen) atoms. The average Bonchev–Trinajstić information content (AvgIpc) is 0.834. The normalized spacial score (nSPS) is 10.7. The Morgan fingerprint density at radius 1 is 0.480 bits per heavy atom. The zero-order chi connectivity index (χ0) is 74.2. The number of hydrogen-bond acceptors (Lipinski definition) is 23. The molecule has 0 aliphatic heterocycles. The maximum Gasteiger partial charge on any atom is 0.407 e. The number of hydrogen-bond donors (Lipinski definition) is 3. The first kappa shape index (κ1) is 82.9. The van der Waals surface area contributed by atoms with E-state index in [9.17, 15) is 29.1 Å². The Hall–Kier alpha value is -9.50. The van der Waals surface area contributed by atoms with E-state index in [4.69, 9.17) is 120 Å². The molecule has 3 aromatic carbocycles. The van der Waals surface area contributed by atoms with E-state index in [1.165, 1.54) is 67.4 Å². The van der Waals surface area contributed by atoms with Gasteiger partial charge in [0.25, 0.3) is 5.56 Å². The van der Waals surface area contributed by atoms with Gasteiger partial charge in [-0.25, -0.2) is 24.7 Å². The highest BCUT2D eigenvalue weighted by Crippen LogP contribution is 2.36. The van der Waals surface area contributed by atoms with E-state index in [2.05, 4.69) is 30.2 Å². The second kappa shape index (κ2) is 41.8. The number of aromatic nitrogens is 5. The predicted molar refractivity (Wildman–Crippen MR) is 379 cm³/mol. The number of carbonyl (C=O) groups is 4. The van der Waals surface area contributed by atoms with Crippen molar-refractivity contribution in [2.45, 2.75) is 86.4 Å². The van der Waals surface area contributed by atoms with Crippen molar-refractivity contribution >= 4 is 81.4 Å². The Kier molecular flexibility index (Phi) is 34.7. The van der Waals surface area contributed by atoms with Crippen LogP contribution in [0.1, 0.15) is 114 Å². The van der Waals surface area contributed by atoms with Gasteiger partial charge in [-0.1, -0.05) is 94.4 Å². The number of benzene rings is 3. The summed E-state index contributed by atoms with van der Waals surface area (Å²) in [5, 5.41) is 13.6. The predicted octanol–water partition coefficient (Wildman–Crippen LogP) is 14.7. The van der Waals surface area contributed by atoms with Gasteiger partial charge >= 0.3 is 6.09 Å². The summed E-state index contributed by atoms with van der Waals surface area (Å²) in [7, 11) is 12.2. The number of ether oxygens (including phenoxy) is 13. The topological polar surface area (TPSA) is 305 Å². The number of rotatable bonds is 26. The minimum absolute atomic E-state index is 0.00750. The number of H-pyrrole nitrogens is 1. The number of aliphatic hydroxyl groups excluding tert-OH is 1. The standard InChI is InChI=1S/C16H23ClN2O5.C16H18ClNO4.C16H16ClNO4.C14H14ClNO3.C8H8ClNO3/c1-10(20)13-11(22-5)9-12(17)19-14(13)23-8-6-7-18-15(21)24-16(2,3)4;2*1-10(19)15-13(21-3)8-14(17)18-16(15)22-9-11-4-6-12(20-2)7-5-11;1-17-11-5-3-10(4-6-11)9-19-14-8-12(18-2)7-13(15)16-14;1-4(11)7-5(13-2)3-6(9)10-8(7)12/h9H,6-8H2,1-5H3,(H,18,21);4-8,10,19H,9H2,1-3H3;4-8H,9H2,1-3H3;3-8H,9H2,1-2H3;3H,1-2H3,(H,10,12). The van der Waals surface area contributed by atoms with E-state index in [1.54, 1.807) is 74.3 Å². The molecule has 0 radical (unpaired) electrons. The number of Topliss-reactive ketones (excluding diaryl/α,β-unsaturated/α-hetero) is 3. The lowest BCUT2D eigenvalue weighted by atomic mass is 10.1. The first-order valence-electron chi connectivity index (χ1n) is 30.0. The van der Waals surface area contributed by atoms with Gasteiger partial charge in [0.1, 0.15) is 114 Å². The van der Waals surface area contributed by atoms with Gasteiger partial charge in [-0.15, -0.1) is 0 Å². The number of ketones is 3. The Bertz CT molecular complexity index is 4030. The summed E-state index contributed by atoms with van der Waals surface area (Å²) in [5.74, 6) is 4.43. The van der Waals surface area contributed by atoms with Crippen LogP contribution in [0.4, 0.5) is 4.79 Å². The Morgan fingerprint density at radius 3 is 1.26 bits per heavy atom. The largest absolute Gasteiger partial charge is 0.497 e. The van der Waals surface area contributed by atoms with Crippen LogP contribution in [-0.4, -0.2) is 129 Å². The van der Waals surface area contributed by atoms with Crippen LogP contribution in [0.5, 0.6) is 69.5 Å². The summed E-state index contributed by atoms with van der Waals surface area (Å²) in [6.45, 7) is 12.6. The Morgan fingerprint density at radius 2 is 0.860 bits per heavy atom. The fourth-order valence-electron chi connectivity index (χ4n) is 8.28. The van der Waals surface area contributed by atoms with Crippen molar-refractivity contribution in [1.82, 2.24) is 30.2 Å². The van der Waals surface area contributed by atoms with Crippen LogP contribution in [0.15, 0.2) is 114 Å². The number of nitrogens with one attached hydrogen (secondary N) is 2. The van der Waals surface area contributed by atoms with E-state index in [-0.39, 0.29) is 91.3 Å². The van der Waals surface area contributed by atoms with Crippen LogP contribution in [0.2, 0.25) is 25.8 Å². The SMILES string of the molecule is COc1cc(Cl)[nH]c(=O)c1C(C)=O.COc1cc(Cl)nc(OCCCNC(=O)OC(C)(C)C)c1C(C)=O.COc1ccc(COc2cc(OC)cc(Cl)n2)cc1.COc1ccc(COc2nc(Cl)cc(OC)c2C(C)=O)cc1.COc1ccc(COc2nc(Cl)cc(OC)c2C(C)O)cc1. The molecular formula is C70H79Cl5N6O19. The van der Waals surface area contributed by atoms with Gasteiger partial charge in [0.2, 0.25) is 23.5 Å². The molecular weight excluding hydrogens is 1410 g/mol. The number of aromatic amines is 1. The molecule has 5 heterocycles. The molecule has 1 amide bonds. The lowest BCUT2D eigenvalue weighted by Crippen LogP contribution is -2.33. The number of pyridine rings is 5. The molecule has 0 saturated carbocycles. The molecule has 5 aromatic heterocycles. The zero-order valence-corrected chi connectivity index (χ0v) is 61.5. The Balaban J connectivity index is 0.000000268. The zero-order valence-electron chi connectivity index (χ0n) is 57.7. The second-order valence-corrected chi connectivity index (χ2v) is 23.4. The van der Waals surface area contributed by atoms with Crippen LogP contribution in [0, 0.1) is 0 Å². The quantitative estimate of drug-likeness (QED) is 0.0258. The summed E-state index contributed by atoms with van der Waals surface area (Å²) in [5.41, 5.74) is 2.78. The summed E-state index contributed by atoms with van der Waals surface area (Å²) in [6, 6.07) is 31.7. The van der Waals surface area contributed by atoms with E-state index >= 15 is 0 Å².